The van der Waals surface area contributed by atoms with Gasteiger partial charge in [0.05, 0.1) is 18.6 Å². The van der Waals surface area contributed by atoms with Crippen LogP contribution in [-0.2, 0) is 21.4 Å². The van der Waals surface area contributed by atoms with Gasteiger partial charge in [0, 0.05) is 21.3 Å². The smallest absolute Gasteiger partial charge is 0.304 e. The van der Waals surface area contributed by atoms with Gasteiger partial charge in [0.15, 0.2) is 0 Å². The summed E-state index contributed by atoms with van der Waals surface area (Å²) >= 11 is 1.64. The zero-order chi connectivity index (χ0) is 26.6. The Hall–Kier alpha value is -3.80. The molecule has 4 aromatic rings. The number of fused-ring (bicyclic) bond motifs is 1. The van der Waals surface area contributed by atoms with Gasteiger partial charge in [-0.1, -0.05) is 30.2 Å². The number of rotatable bonds is 9. The van der Waals surface area contributed by atoms with E-state index in [9.17, 15) is 13.2 Å². The second kappa shape index (κ2) is 11.1. The van der Waals surface area contributed by atoms with Gasteiger partial charge in [-0.3, -0.25) is 9.52 Å². The van der Waals surface area contributed by atoms with Crippen molar-refractivity contribution in [2.45, 2.75) is 32.8 Å². The van der Waals surface area contributed by atoms with Gasteiger partial charge in [-0.15, -0.1) is 17.3 Å². The number of thiophene rings is 1. The fourth-order valence-electron chi connectivity index (χ4n) is 4.13. The summed E-state index contributed by atoms with van der Waals surface area (Å²) in [5, 5.41) is 12.3. The maximum atomic E-state index is 11.7. The van der Waals surface area contributed by atoms with E-state index in [1.165, 1.54) is 0 Å². The zero-order valence-electron chi connectivity index (χ0n) is 20.7. The lowest BCUT2D eigenvalue weighted by molar-refractivity contribution is -0.137. The summed E-state index contributed by atoms with van der Waals surface area (Å²) in [4.78, 5) is 11.1. The van der Waals surface area contributed by atoms with E-state index in [0.717, 1.165) is 44.2 Å². The monoisotopic (exact) mass is 533 g/mol. The predicted molar refractivity (Wildman–Crippen MR) is 150 cm³/mol. The van der Waals surface area contributed by atoms with Crippen molar-refractivity contribution in [2.24, 2.45) is 0 Å². The molecule has 8 heteroatoms. The molecule has 1 aromatic heterocycles. The molecule has 4 rings (SSSR count). The molecular formula is C29H27NO5S2. The second-order valence-electron chi connectivity index (χ2n) is 8.79. The summed E-state index contributed by atoms with van der Waals surface area (Å²) < 4.78 is 33.1. The number of ether oxygens (including phenoxy) is 1. The Labute approximate surface area is 221 Å². The fraction of sp³-hybridized carbons (Fsp3) is 0.207. The number of aryl methyl sites for hydroxylation is 1. The third kappa shape index (κ3) is 6.70. The van der Waals surface area contributed by atoms with Crippen LogP contribution in [-0.4, -0.2) is 25.7 Å². The molecule has 0 aliphatic heterocycles. The number of anilines is 1. The summed E-state index contributed by atoms with van der Waals surface area (Å²) in [5.74, 6) is 5.20. The molecule has 37 heavy (non-hydrogen) atoms. The molecule has 6 nitrogen and oxygen atoms in total. The molecule has 3 aromatic carbocycles. The Balaban J connectivity index is 1.54. The van der Waals surface area contributed by atoms with Crippen molar-refractivity contribution in [1.82, 2.24) is 0 Å². The average Bonchev–Trinajstić information content (AvgIpc) is 3.26. The minimum absolute atomic E-state index is 0.0449. The Kier molecular flexibility index (Phi) is 7.86. The first-order chi connectivity index (χ1) is 17.6. The fourth-order valence-corrected chi connectivity index (χ4v) is 5.62. The quantitative estimate of drug-likeness (QED) is 0.243. The zero-order valence-corrected chi connectivity index (χ0v) is 22.4. The molecule has 0 radical (unpaired) electrons. The van der Waals surface area contributed by atoms with Gasteiger partial charge in [-0.05, 0) is 77.9 Å². The molecule has 0 aliphatic rings. The maximum Gasteiger partial charge on any atom is 0.304 e. The maximum absolute atomic E-state index is 11.7. The standard InChI is InChI=1S/C29H27NO5S2/c1-4-5-22(15-29(31)32)21-8-11-24(12-9-21)35-17-20-7-13-28-26(14-20)27(18-36-28)25-16-23(10-6-19(25)2)30-37(3,33)34/h6-14,16,18,22,30H,15,17H2,1-3H3,(H,31,32)/t22-/m0/s1. The largest absolute Gasteiger partial charge is 0.489 e. The van der Waals surface area contributed by atoms with Crippen LogP contribution in [0.1, 0.15) is 36.0 Å². The Morgan fingerprint density at radius 2 is 1.84 bits per heavy atom. The highest BCUT2D eigenvalue weighted by Crippen LogP contribution is 2.37. The number of benzene rings is 3. The third-order valence-corrected chi connectivity index (χ3v) is 7.42. The first-order valence-corrected chi connectivity index (χ1v) is 14.4. The molecule has 190 valence electrons. The Bertz CT molecular complexity index is 1610. The van der Waals surface area contributed by atoms with Crippen molar-refractivity contribution in [2.75, 3.05) is 11.0 Å². The van der Waals surface area contributed by atoms with Crippen molar-refractivity contribution in [1.29, 1.82) is 0 Å². The van der Waals surface area contributed by atoms with E-state index in [0.29, 0.717) is 18.0 Å². The van der Waals surface area contributed by atoms with E-state index in [1.54, 1.807) is 24.3 Å². The van der Waals surface area contributed by atoms with E-state index in [-0.39, 0.29) is 12.3 Å². The van der Waals surface area contributed by atoms with Gasteiger partial charge >= 0.3 is 5.97 Å². The third-order valence-electron chi connectivity index (χ3n) is 5.85. The molecule has 0 saturated heterocycles. The second-order valence-corrected chi connectivity index (χ2v) is 11.4. The van der Waals surface area contributed by atoms with E-state index >= 15 is 0 Å². The molecule has 1 heterocycles. The predicted octanol–water partition coefficient (Wildman–Crippen LogP) is 6.41. The Morgan fingerprint density at radius 3 is 2.51 bits per heavy atom. The SMILES string of the molecule is CC#C[C@@H](CC(=O)O)c1ccc(OCc2ccc3scc(-c4cc(NS(C)(=O)=O)ccc4C)c3c2)cc1. The highest BCUT2D eigenvalue weighted by Gasteiger charge is 2.14. The number of carboxylic acid groups (broad SMARTS) is 1. The van der Waals surface area contributed by atoms with E-state index < -0.39 is 16.0 Å². The van der Waals surface area contributed by atoms with Gasteiger partial charge in [-0.25, -0.2) is 8.42 Å². The number of hydrogen-bond donors (Lipinski definition) is 2. The molecule has 0 saturated carbocycles. The summed E-state index contributed by atoms with van der Waals surface area (Å²) in [7, 11) is -3.37. The Morgan fingerprint density at radius 1 is 1.08 bits per heavy atom. The molecular weight excluding hydrogens is 506 g/mol. The van der Waals surface area contributed by atoms with Crippen LogP contribution in [0.3, 0.4) is 0 Å². The van der Waals surface area contributed by atoms with Crippen LogP contribution in [0.5, 0.6) is 5.75 Å². The number of nitrogens with one attached hydrogen (secondary N) is 1. The van der Waals surface area contributed by atoms with Crippen LogP contribution in [0.25, 0.3) is 21.2 Å². The van der Waals surface area contributed by atoms with Gasteiger partial charge in [0.1, 0.15) is 12.4 Å². The van der Waals surface area contributed by atoms with Crippen molar-refractivity contribution < 1.29 is 23.1 Å². The normalized spacial score (nSPS) is 12.0. The average molecular weight is 534 g/mol. The molecule has 0 fully saturated rings. The van der Waals surface area contributed by atoms with E-state index in [4.69, 9.17) is 9.84 Å². The number of carboxylic acids is 1. The molecule has 0 bridgehead atoms. The topological polar surface area (TPSA) is 92.7 Å². The summed E-state index contributed by atoms with van der Waals surface area (Å²) in [6.45, 7) is 4.08. The van der Waals surface area contributed by atoms with Crippen LogP contribution >= 0.6 is 11.3 Å². The summed E-state index contributed by atoms with van der Waals surface area (Å²) in [6, 6.07) is 19.1. The van der Waals surface area contributed by atoms with Crippen LogP contribution in [0.4, 0.5) is 5.69 Å². The summed E-state index contributed by atoms with van der Waals surface area (Å²) in [6.07, 6.45) is 1.09. The van der Waals surface area contributed by atoms with E-state index in [1.807, 2.05) is 49.4 Å². The molecule has 1 atom stereocenters. The van der Waals surface area contributed by atoms with Crippen LogP contribution in [0, 0.1) is 18.8 Å². The number of aliphatic carboxylic acids is 1. The molecule has 0 spiro atoms. The molecule has 0 unspecified atom stereocenters. The van der Waals surface area contributed by atoms with Gasteiger partial charge < -0.3 is 9.84 Å². The molecule has 0 aliphatic carbocycles. The van der Waals surface area contributed by atoms with Gasteiger partial charge in [0.25, 0.3) is 0 Å². The number of hydrogen-bond acceptors (Lipinski definition) is 5. The molecule has 2 N–H and O–H groups in total. The highest BCUT2D eigenvalue weighted by atomic mass is 32.2. The lowest BCUT2D eigenvalue weighted by Gasteiger charge is -2.12. The highest BCUT2D eigenvalue weighted by molar-refractivity contribution is 7.92. The lowest BCUT2D eigenvalue weighted by Crippen LogP contribution is -2.09. The van der Waals surface area contributed by atoms with Gasteiger partial charge in [0.2, 0.25) is 10.0 Å². The van der Waals surface area contributed by atoms with Crippen molar-refractivity contribution in [3.05, 3.63) is 82.7 Å². The lowest BCUT2D eigenvalue weighted by atomic mass is 9.96. The van der Waals surface area contributed by atoms with Crippen LogP contribution in [0.15, 0.2) is 66.0 Å². The number of sulfonamides is 1. The van der Waals surface area contributed by atoms with Crippen LogP contribution in [0.2, 0.25) is 0 Å². The van der Waals surface area contributed by atoms with Crippen molar-refractivity contribution >= 4 is 43.1 Å². The van der Waals surface area contributed by atoms with Crippen LogP contribution < -0.4 is 9.46 Å². The van der Waals surface area contributed by atoms with Crippen molar-refractivity contribution in [3.8, 4) is 28.7 Å². The minimum Gasteiger partial charge on any atom is -0.489 e. The molecule has 0 amide bonds. The first kappa shape index (κ1) is 26.3. The van der Waals surface area contributed by atoms with Gasteiger partial charge in [-0.2, -0.15) is 0 Å². The van der Waals surface area contributed by atoms with E-state index in [2.05, 4.69) is 34.1 Å². The minimum atomic E-state index is -3.37. The van der Waals surface area contributed by atoms with Crippen molar-refractivity contribution in [3.63, 3.8) is 0 Å². The summed E-state index contributed by atoms with van der Waals surface area (Å²) in [5.41, 5.74) is 5.44. The number of carbonyl (C=O) groups is 1. The first-order valence-electron chi connectivity index (χ1n) is 11.6.